The molecule has 0 aliphatic heterocycles. The minimum Gasteiger partial charge on any atom is -0.312 e. The Morgan fingerprint density at radius 3 is 2.38 bits per heavy atom. The number of nitrogens with one attached hydrogen (secondary N) is 1. The first-order chi connectivity index (χ1) is 10.2. The zero-order valence-corrected chi connectivity index (χ0v) is 14.5. The summed E-state index contributed by atoms with van der Waals surface area (Å²) in [6.45, 7) is 9.78. The highest BCUT2D eigenvalue weighted by molar-refractivity contribution is 4.99. The lowest BCUT2D eigenvalue weighted by atomic mass is 9.76. The van der Waals surface area contributed by atoms with Crippen molar-refractivity contribution < 1.29 is 0 Å². The fraction of sp³-hybridized carbons (Fsp3) is 1.00. The molecule has 122 valence electrons. The second-order valence-electron chi connectivity index (χ2n) is 8.32. The van der Waals surface area contributed by atoms with Crippen molar-refractivity contribution in [2.24, 2.45) is 17.8 Å². The molecule has 0 saturated heterocycles. The van der Waals surface area contributed by atoms with Gasteiger partial charge in [-0.25, -0.2) is 0 Å². The van der Waals surface area contributed by atoms with Gasteiger partial charge in [-0.2, -0.15) is 0 Å². The van der Waals surface area contributed by atoms with Crippen LogP contribution in [0.5, 0.6) is 0 Å². The molecule has 0 amide bonds. The fourth-order valence-corrected chi connectivity index (χ4v) is 4.28. The largest absolute Gasteiger partial charge is 0.312 e. The molecule has 0 aromatic rings. The summed E-state index contributed by atoms with van der Waals surface area (Å²) in [6, 6.07) is 2.53. The standard InChI is InChI=1S/C19H36N2/c1-4-11-20-18-10-7-16(14(2)3)12-19(18)21(17-8-9-17)13-15-5-6-15/h14-20H,4-13H2,1-3H3. The first-order valence-electron chi connectivity index (χ1n) is 9.68. The molecule has 0 aromatic heterocycles. The van der Waals surface area contributed by atoms with Gasteiger partial charge in [-0.15, -0.1) is 0 Å². The maximum atomic E-state index is 3.90. The molecule has 2 heteroatoms. The third-order valence-electron chi connectivity index (χ3n) is 6.06. The van der Waals surface area contributed by atoms with Crippen molar-refractivity contribution in [2.75, 3.05) is 13.1 Å². The highest BCUT2D eigenvalue weighted by Crippen LogP contribution is 2.41. The normalized spacial score (nSPS) is 33.9. The smallest absolute Gasteiger partial charge is 0.0255 e. The average molecular weight is 293 g/mol. The summed E-state index contributed by atoms with van der Waals surface area (Å²) in [5.74, 6) is 2.86. The molecule has 21 heavy (non-hydrogen) atoms. The number of hydrogen-bond donors (Lipinski definition) is 1. The zero-order valence-electron chi connectivity index (χ0n) is 14.5. The van der Waals surface area contributed by atoms with E-state index in [1.165, 1.54) is 64.5 Å². The van der Waals surface area contributed by atoms with Gasteiger partial charge in [0.25, 0.3) is 0 Å². The molecule has 0 radical (unpaired) electrons. The van der Waals surface area contributed by atoms with Crippen molar-refractivity contribution >= 4 is 0 Å². The SMILES string of the molecule is CCCNC1CCC(C(C)C)CC1N(CC1CC1)C1CC1. The lowest BCUT2D eigenvalue weighted by Gasteiger charge is -2.44. The van der Waals surface area contributed by atoms with Crippen LogP contribution in [0, 0.1) is 17.8 Å². The van der Waals surface area contributed by atoms with E-state index in [-0.39, 0.29) is 0 Å². The van der Waals surface area contributed by atoms with Gasteiger partial charge in [-0.3, -0.25) is 4.90 Å². The third-order valence-corrected chi connectivity index (χ3v) is 6.06. The Labute approximate surface area is 132 Å². The highest BCUT2D eigenvalue weighted by Gasteiger charge is 2.42. The summed E-state index contributed by atoms with van der Waals surface area (Å²) in [7, 11) is 0. The van der Waals surface area contributed by atoms with E-state index in [2.05, 4.69) is 31.0 Å². The van der Waals surface area contributed by atoms with Gasteiger partial charge in [0.2, 0.25) is 0 Å². The second kappa shape index (κ2) is 7.00. The molecule has 3 saturated carbocycles. The Bertz CT molecular complexity index is 320. The molecule has 0 heterocycles. The molecule has 3 aliphatic rings. The first kappa shape index (κ1) is 15.8. The maximum Gasteiger partial charge on any atom is 0.0255 e. The predicted molar refractivity (Wildman–Crippen MR) is 90.5 cm³/mol. The van der Waals surface area contributed by atoms with Gasteiger partial charge < -0.3 is 5.32 Å². The lowest BCUT2D eigenvalue weighted by Crippen LogP contribution is -2.55. The summed E-state index contributed by atoms with van der Waals surface area (Å²) in [5.41, 5.74) is 0. The van der Waals surface area contributed by atoms with Crippen LogP contribution >= 0.6 is 0 Å². The maximum absolute atomic E-state index is 3.90. The average Bonchev–Trinajstić information content (AvgIpc) is 3.36. The van der Waals surface area contributed by atoms with Crippen LogP contribution in [0.2, 0.25) is 0 Å². The Kier molecular flexibility index (Phi) is 5.27. The van der Waals surface area contributed by atoms with Gasteiger partial charge in [-0.05, 0) is 75.7 Å². The van der Waals surface area contributed by atoms with E-state index in [0.717, 1.165) is 35.9 Å². The minimum atomic E-state index is 0.763. The fourth-order valence-electron chi connectivity index (χ4n) is 4.28. The zero-order chi connectivity index (χ0) is 14.8. The summed E-state index contributed by atoms with van der Waals surface area (Å²) in [5, 5.41) is 3.90. The summed E-state index contributed by atoms with van der Waals surface area (Å²) < 4.78 is 0. The van der Waals surface area contributed by atoms with Crippen molar-refractivity contribution in [1.29, 1.82) is 0 Å². The molecule has 3 fully saturated rings. The Hall–Kier alpha value is -0.0800. The van der Waals surface area contributed by atoms with E-state index in [1.807, 2.05) is 0 Å². The highest BCUT2D eigenvalue weighted by atomic mass is 15.2. The molecule has 3 atom stereocenters. The molecule has 0 bridgehead atoms. The minimum absolute atomic E-state index is 0.763. The molecule has 0 spiro atoms. The number of nitrogens with zero attached hydrogens (tertiary/aromatic N) is 1. The van der Waals surface area contributed by atoms with Gasteiger partial charge in [-0.1, -0.05) is 20.8 Å². The lowest BCUT2D eigenvalue weighted by molar-refractivity contribution is 0.0728. The molecular weight excluding hydrogens is 256 g/mol. The van der Waals surface area contributed by atoms with Crippen LogP contribution in [-0.2, 0) is 0 Å². The van der Waals surface area contributed by atoms with E-state index in [1.54, 1.807) is 0 Å². The molecular formula is C19H36N2. The summed E-state index contributed by atoms with van der Waals surface area (Å²) >= 11 is 0. The van der Waals surface area contributed by atoms with Gasteiger partial charge in [0, 0.05) is 24.7 Å². The molecule has 2 nitrogen and oxygen atoms in total. The quantitative estimate of drug-likeness (QED) is 0.726. The van der Waals surface area contributed by atoms with Crippen LogP contribution in [0.25, 0.3) is 0 Å². The molecule has 0 aromatic carbocycles. The second-order valence-corrected chi connectivity index (χ2v) is 8.32. The van der Waals surface area contributed by atoms with E-state index in [9.17, 15) is 0 Å². The number of hydrogen-bond acceptors (Lipinski definition) is 2. The van der Waals surface area contributed by atoms with E-state index in [0.29, 0.717) is 0 Å². The topological polar surface area (TPSA) is 15.3 Å². The Morgan fingerprint density at radius 2 is 1.81 bits per heavy atom. The van der Waals surface area contributed by atoms with Crippen molar-refractivity contribution in [3.63, 3.8) is 0 Å². The van der Waals surface area contributed by atoms with Gasteiger partial charge in [0.15, 0.2) is 0 Å². The van der Waals surface area contributed by atoms with E-state index >= 15 is 0 Å². The molecule has 3 aliphatic carbocycles. The van der Waals surface area contributed by atoms with Gasteiger partial charge in [0.05, 0.1) is 0 Å². The summed E-state index contributed by atoms with van der Waals surface area (Å²) in [4.78, 5) is 2.96. The Balaban J connectivity index is 1.67. The van der Waals surface area contributed by atoms with Gasteiger partial charge >= 0.3 is 0 Å². The number of rotatable bonds is 8. The molecule has 3 unspecified atom stereocenters. The summed E-state index contributed by atoms with van der Waals surface area (Å²) in [6.07, 6.45) is 11.5. The Morgan fingerprint density at radius 1 is 1.05 bits per heavy atom. The molecule has 3 rings (SSSR count). The predicted octanol–water partition coefficient (Wildman–Crippen LogP) is 4.05. The monoisotopic (exact) mass is 292 g/mol. The van der Waals surface area contributed by atoms with Crippen molar-refractivity contribution in [1.82, 2.24) is 10.2 Å². The third kappa shape index (κ3) is 4.22. The van der Waals surface area contributed by atoms with Crippen molar-refractivity contribution in [3.8, 4) is 0 Å². The van der Waals surface area contributed by atoms with Crippen LogP contribution in [0.15, 0.2) is 0 Å². The van der Waals surface area contributed by atoms with Crippen molar-refractivity contribution in [3.05, 3.63) is 0 Å². The van der Waals surface area contributed by atoms with Crippen LogP contribution < -0.4 is 5.32 Å². The first-order valence-corrected chi connectivity index (χ1v) is 9.68. The van der Waals surface area contributed by atoms with Crippen LogP contribution in [0.4, 0.5) is 0 Å². The van der Waals surface area contributed by atoms with E-state index < -0.39 is 0 Å². The van der Waals surface area contributed by atoms with Gasteiger partial charge in [0.1, 0.15) is 0 Å². The molecule has 1 N–H and O–H groups in total. The van der Waals surface area contributed by atoms with Crippen molar-refractivity contribution in [2.45, 2.75) is 90.3 Å². The van der Waals surface area contributed by atoms with E-state index in [4.69, 9.17) is 0 Å². The van der Waals surface area contributed by atoms with Crippen LogP contribution in [0.1, 0.15) is 72.1 Å². The van der Waals surface area contributed by atoms with Crippen LogP contribution in [0.3, 0.4) is 0 Å². The van der Waals surface area contributed by atoms with Crippen LogP contribution in [-0.4, -0.2) is 36.1 Å².